The predicted octanol–water partition coefficient (Wildman–Crippen LogP) is 3.52. The van der Waals surface area contributed by atoms with Crippen molar-refractivity contribution in [1.82, 2.24) is 4.90 Å². The highest BCUT2D eigenvalue weighted by molar-refractivity contribution is 5.18. The van der Waals surface area contributed by atoms with Crippen molar-refractivity contribution < 1.29 is 22.7 Å². The van der Waals surface area contributed by atoms with Crippen molar-refractivity contribution in [3.05, 3.63) is 35.6 Å². The SMILES string of the molecule is OC(CCN1CCC(C(F)(F)F)CC1)c1cccc(F)c1. The number of hydrogen-bond donors (Lipinski definition) is 1. The summed E-state index contributed by atoms with van der Waals surface area (Å²) in [7, 11) is 0. The summed E-state index contributed by atoms with van der Waals surface area (Å²) in [5.41, 5.74) is 0.500. The molecule has 0 bridgehead atoms. The molecule has 0 saturated carbocycles. The van der Waals surface area contributed by atoms with Crippen molar-refractivity contribution in [3.8, 4) is 0 Å². The third-order valence-corrected chi connectivity index (χ3v) is 4.00. The zero-order chi connectivity index (χ0) is 15.5. The second-order valence-electron chi connectivity index (χ2n) is 5.52. The number of likely N-dealkylation sites (tertiary alicyclic amines) is 1. The Bertz CT molecular complexity index is 455. The van der Waals surface area contributed by atoms with Crippen LogP contribution in [-0.4, -0.2) is 35.8 Å². The average molecular weight is 305 g/mol. The lowest BCUT2D eigenvalue weighted by atomic mass is 9.96. The molecular formula is C15H19F4NO. The molecule has 1 heterocycles. The highest BCUT2D eigenvalue weighted by Crippen LogP contribution is 2.34. The first-order valence-corrected chi connectivity index (χ1v) is 7.09. The van der Waals surface area contributed by atoms with Gasteiger partial charge in [0.1, 0.15) is 5.82 Å². The minimum Gasteiger partial charge on any atom is -0.388 e. The Morgan fingerprint density at radius 1 is 1.24 bits per heavy atom. The van der Waals surface area contributed by atoms with Crippen LogP contribution in [0.3, 0.4) is 0 Å². The van der Waals surface area contributed by atoms with Gasteiger partial charge >= 0.3 is 6.18 Å². The normalized spacial score (nSPS) is 19.7. The van der Waals surface area contributed by atoms with Gasteiger partial charge in [0.2, 0.25) is 0 Å². The average Bonchev–Trinajstić information content (AvgIpc) is 2.44. The number of rotatable bonds is 4. The molecule has 1 aromatic rings. The minimum absolute atomic E-state index is 0.111. The maximum atomic E-state index is 13.0. The summed E-state index contributed by atoms with van der Waals surface area (Å²) < 4.78 is 50.7. The van der Waals surface area contributed by atoms with Gasteiger partial charge in [0.05, 0.1) is 12.0 Å². The first-order chi connectivity index (χ1) is 9.86. The Hall–Kier alpha value is -1.14. The number of alkyl halides is 3. The lowest BCUT2D eigenvalue weighted by Crippen LogP contribution is -2.39. The Morgan fingerprint density at radius 2 is 1.90 bits per heavy atom. The van der Waals surface area contributed by atoms with E-state index in [1.54, 1.807) is 6.07 Å². The van der Waals surface area contributed by atoms with E-state index in [-0.39, 0.29) is 12.8 Å². The van der Waals surface area contributed by atoms with Crippen molar-refractivity contribution in [1.29, 1.82) is 0 Å². The van der Waals surface area contributed by atoms with E-state index >= 15 is 0 Å². The standard InChI is InChI=1S/C15H19F4NO/c16-13-3-1-2-11(10-13)14(21)6-9-20-7-4-12(5-8-20)15(17,18)19/h1-3,10,12,14,21H,4-9H2. The fourth-order valence-electron chi connectivity index (χ4n) is 2.67. The van der Waals surface area contributed by atoms with E-state index in [1.165, 1.54) is 18.2 Å². The lowest BCUT2D eigenvalue weighted by molar-refractivity contribution is -0.185. The first kappa shape index (κ1) is 16.2. The Labute approximate surface area is 121 Å². The summed E-state index contributed by atoms with van der Waals surface area (Å²) >= 11 is 0. The molecule has 1 aliphatic rings. The van der Waals surface area contributed by atoms with Crippen molar-refractivity contribution in [2.24, 2.45) is 5.92 Å². The Morgan fingerprint density at radius 3 is 2.48 bits per heavy atom. The van der Waals surface area contributed by atoms with Gasteiger partial charge in [-0.3, -0.25) is 0 Å². The van der Waals surface area contributed by atoms with Gasteiger partial charge < -0.3 is 10.0 Å². The molecule has 1 aliphatic heterocycles. The van der Waals surface area contributed by atoms with E-state index in [0.29, 0.717) is 31.6 Å². The topological polar surface area (TPSA) is 23.5 Å². The van der Waals surface area contributed by atoms with E-state index < -0.39 is 24.0 Å². The summed E-state index contributed by atoms with van der Waals surface area (Å²) in [6, 6.07) is 5.75. The second kappa shape index (κ2) is 6.75. The molecule has 0 amide bonds. The number of aliphatic hydroxyl groups excluding tert-OH is 1. The van der Waals surface area contributed by atoms with E-state index in [0.717, 1.165) is 0 Å². The molecule has 118 valence electrons. The van der Waals surface area contributed by atoms with Crippen LogP contribution in [0.2, 0.25) is 0 Å². The highest BCUT2D eigenvalue weighted by atomic mass is 19.4. The van der Waals surface area contributed by atoms with Gasteiger partial charge in [-0.25, -0.2) is 4.39 Å². The quantitative estimate of drug-likeness (QED) is 0.860. The van der Waals surface area contributed by atoms with Gasteiger partial charge in [0, 0.05) is 6.54 Å². The third-order valence-electron chi connectivity index (χ3n) is 4.00. The Kier molecular flexibility index (Phi) is 5.22. The van der Waals surface area contributed by atoms with Crippen LogP contribution in [0.4, 0.5) is 17.6 Å². The molecule has 0 spiro atoms. The molecule has 0 aromatic heterocycles. The van der Waals surface area contributed by atoms with Crippen LogP contribution in [-0.2, 0) is 0 Å². The fraction of sp³-hybridized carbons (Fsp3) is 0.600. The minimum atomic E-state index is -4.10. The molecule has 1 aromatic carbocycles. The number of benzene rings is 1. The monoisotopic (exact) mass is 305 g/mol. The summed E-state index contributed by atoms with van der Waals surface area (Å²) in [6.07, 6.45) is -4.28. The van der Waals surface area contributed by atoms with E-state index in [9.17, 15) is 22.7 Å². The van der Waals surface area contributed by atoms with Gasteiger partial charge in [-0.2, -0.15) is 13.2 Å². The molecule has 1 unspecified atom stereocenters. The van der Waals surface area contributed by atoms with Gasteiger partial charge in [0.25, 0.3) is 0 Å². The van der Waals surface area contributed by atoms with Crippen molar-refractivity contribution in [2.75, 3.05) is 19.6 Å². The van der Waals surface area contributed by atoms with Crippen LogP contribution in [0.25, 0.3) is 0 Å². The van der Waals surface area contributed by atoms with Crippen LogP contribution in [0, 0.1) is 11.7 Å². The number of nitrogens with zero attached hydrogens (tertiary/aromatic N) is 1. The summed E-state index contributed by atoms with van der Waals surface area (Å²) in [6.45, 7) is 1.29. The molecule has 6 heteroatoms. The first-order valence-electron chi connectivity index (χ1n) is 7.09. The smallest absolute Gasteiger partial charge is 0.388 e. The molecule has 21 heavy (non-hydrogen) atoms. The lowest BCUT2D eigenvalue weighted by Gasteiger charge is -2.33. The maximum absolute atomic E-state index is 13.0. The largest absolute Gasteiger partial charge is 0.391 e. The van der Waals surface area contributed by atoms with E-state index in [2.05, 4.69) is 0 Å². The molecule has 2 nitrogen and oxygen atoms in total. The fourth-order valence-corrected chi connectivity index (χ4v) is 2.67. The Balaban J connectivity index is 1.77. The second-order valence-corrected chi connectivity index (χ2v) is 5.52. The van der Waals surface area contributed by atoms with Crippen LogP contribution in [0.1, 0.15) is 30.9 Å². The molecule has 2 rings (SSSR count). The molecule has 0 aliphatic carbocycles. The third kappa shape index (κ3) is 4.68. The van der Waals surface area contributed by atoms with Gasteiger partial charge in [-0.1, -0.05) is 12.1 Å². The van der Waals surface area contributed by atoms with Crippen molar-refractivity contribution in [3.63, 3.8) is 0 Å². The van der Waals surface area contributed by atoms with Gasteiger partial charge in [-0.05, 0) is 50.0 Å². The van der Waals surface area contributed by atoms with Crippen molar-refractivity contribution in [2.45, 2.75) is 31.5 Å². The number of hydrogen-bond acceptors (Lipinski definition) is 2. The molecule has 1 atom stereocenters. The molecular weight excluding hydrogens is 286 g/mol. The van der Waals surface area contributed by atoms with Crippen molar-refractivity contribution >= 4 is 0 Å². The predicted molar refractivity (Wildman–Crippen MR) is 71.2 cm³/mol. The zero-order valence-electron chi connectivity index (χ0n) is 11.6. The van der Waals surface area contributed by atoms with Crippen LogP contribution in [0.15, 0.2) is 24.3 Å². The zero-order valence-corrected chi connectivity index (χ0v) is 11.6. The summed E-state index contributed by atoms with van der Waals surface area (Å²) in [4.78, 5) is 1.92. The van der Waals surface area contributed by atoms with Gasteiger partial charge in [0.15, 0.2) is 0 Å². The van der Waals surface area contributed by atoms with Gasteiger partial charge in [-0.15, -0.1) is 0 Å². The van der Waals surface area contributed by atoms with Crippen LogP contribution in [0.5, 0.6) is 0 Å². The van der Waals surface area contributed by atoms with Crippen LogP contribution < -0.4 is 0 Å². The van der Waals surface area contributed by atoms with E-state index in [1.807, 2.05) is 4.90 Å². The maximum Gasteiger partial charge on any atom is 0.391 e. The molecule has 1 saturated heterocycles. The number of halogens is 4. The number of piperidine rings is 1. The van der Waals surface area contributed by atoms with E-state index in [4.69, 9.17) is 0 Å². The molecule has 0 radical (unpaired) electrons. The molecule has 1 N–H and O–H groups in total. The number of aliphatic hydroxyl groups is 1. The highest BCUT2D eigenvalue weighted by Gasteiger charge is 2.40. The summed E-state index contributed by atoms with van der Waals surface area (Å²) in [5.74, 6) is -1.61. The molecule has 1 fully saturated rings. The summed E-state index contributed by atoms with van der Waals surface area (Å²) in [5, 5.41) is 9.98. The van der Waals surface area contributed by atoms with Crippen LogP contribution >= 0.6 is 0 Å².